The van der Waals surface area contributed by atoms with Gasteiger partial charge in [-0.15, -0.1) is 0 Å². The third-order valence-electron chi connectivity index (χ3n) is 6.33. The summed E-state index contributed by atoms with van der Waals surface area (Å²) in [7, 11) is 9.72. The summed E-state index contributed by atoms with van der Waals surface area (Å²) < 4.78 is 5.83. The van der Waals surface area contributed by atoms with Crippen molar-refractivity contribution >= 4 is 23.2 Å². The topological polar surface area (TPSA) is 48.1 Å². The first-order valence-corrected chi connectivity index (χ1v) is 12.1. The van der Waals surface area contributed by atoms with Crippen LogP contribution in [0, 0.1) is 0 Å². The van der Waals surface area contributed by atoms with E-state index in [0.29, 0.717) is 5.75 Å². The normalized spacial score (nSPS) is 10.7. The number of ether oxygens (including phenoxy) is 1. The van der Waals surface area contributed by atoms with Crippen LogP contribution < -0.4 is 24.8 Å². The van der Waals surface area contributed by atoms with Crippen LogP contribution in [0.2, 0.25) is 0 Å². The van der Waals surface area contributed by atoms with E-state index in [4.69, 9.17) is 4.74 Å². The molecular formula is C29H38N4O2. The number of hydrogen-bond donors (Lipinski definition) is 1. The Balaban J connectivity index is 2.19. The van der Waals surface area contributed by atoms with Crippen molar-refractivity contribution in [3.05, 3.63) is 83.4 Å². The summed E-state index contributed by atoms with van der Waals surface area (Å²) in [6, 6.07) is 23.3. The molecule has 3 rings (SSSR count). The van der Waals surface area contributed by atoms with Gasteiger partial charge in [-0.25, -0.2) is 4.79 Å². The summed E-state index contributed by atoms with van der Waals surface area (Å²) in [5.74, 6) is 0.458. The van der Waals surface area contributed by atoms with Gasteiger partial charge in [-0.2, -0.15) is 0 Å². The Morgan fingerprint density at radius 1 is 0.771 bits per heavy atom. The van der Waals surface area contributed by atoms with Gasteiger partial charge in [-0.05, 0) is 55.3 Å². The SMILES string of the molecule is CCN(CC)c1ccc(C(c2ccc(N(C)C)cc2)c2ccc(N(C)C)cc2)c(OC(=O)NC)c1. The average Bonchev–Trinajstić information content (AvgIpc) is 2.86. The van der Waals surface area contributed by atoms with Crippen LogP contribution >= 0.6 is 0 Å². The number of benzene rings is 3. The van der Waals surface area contributed by atoms with Crippen molar-refractivity contribution in [1.29, 1.82) is 0 Å². The molecule has 3 aromatic carbocycles. The Morgan fingerprint density at radius 2 is 1.23 bits per heavy atom. The van der Waals surface area contributed by atoms with Crippen LogP contribution in [0.4, 0.5) is 21.9 Å². The third-order valence-corrected chi connectivity index (χ3v) is 6.33. The molecule has 6 nitrogen and oxygen atoms in total. The van der Waals surface area contributed by atoms with Gasteiger partial charge in [0.25, 0.3) is 0 Å². The highest BCUT2D eigenvalue weighted by Gasteiger charge is 2.23. The van der Waals surface area contributed by atoms with Gasteiger partial charge in [0.1, 0.15) is 5.75 Å². The lowest BCUT2D eigenvalue weighted by molar-refractivity contribution is 0.202. The molecule has 0 atom stereocenters. The molecule has 186 valence electrons. The second-order valence-electron chi connectivity index (χ2n) is 8.94. The van der Waals surface area contributed by atoms with E-state index in [1.165, 1.54) is 0 Å². The van der Waals surface area contributed by atoms with Gasteiger partial charge in [-0.3, -0.25) is 0 Å². The van der Waals surface area contributed by atoms with E-state index in [9.17, 15) is 4.79 Å². The monoisotopic (exact) mass is 474 g/mol. The lowest BCUT2D eigenvalue weighted by Crippen LogP contribution is -2.24. The van der Waals surface area contributed by atoms with Gasteiger partial charge in [0.15, 0.2) is 0 Å². The maximum Gasteiger partial charge on any atom is 0.412 e. The quantitative estimate of drug-likeness (QED) is 0.411. The molecule has 0 spiro atoms. The highest BCUT2D eigenvalue weighted by molar-refractivity contribution is 5.72. The van der Waals surface area contributed by atoms with Crippen LogP contribution in [0.5, 0.6) is 5.75 Å². The van der Waals surface area contributed by atoms with Gasteiger partial charge in [0, 0.05) is 82.9 Å². The minimum atomic E-state index is -0.479. The van der Waals surface area contributed by atoms with Crippen molar-refractivity contribution < 1.29 is 9.53 Å². The molecule has 1 N–H and O–H groups in total. The molecule has 0 aliphatic carbocycles. The zero-order valence-corrected chi connectivity index (χ0v) is 22.0. The summed E-state index contributed by atoms with van der Waals surface area (Å²) in [6.45, 7) is 5.99. The highest BCUT2D eigenvalue weighted by Crippen LogP contribution is 2.40. The van der Waals surface area contributed by atoms with E-state index >= 15 is 0 Å². The van der Waals surface area contributed by atoms with Gasteiger partial charge in [0.05, 0.1) is 0 Å². The Morgan fingerprint density at radius 3 is 1.63 bits per heavy atom. The summed E-state index contributed by atoms with van der Waals surface area (Å²) in [4.78, 5) is 18.7. The highest BCUT2D eigenvalue weighted by atomic mass is 16.6. The van der Waals surface area contributed by atoms with Gasteiger partial charge >= 0.3 is 6.09 Å². The number of carbonyl (C=O) groups excluding carboxylic acids is 1. The molecule has 1 amide bonds. The number of nitrogens with one attached hydrogen (secondary N) is 1. The summed E-state index contributed by atoms with van der Waals surface area (Å²) in [5.41, 5.74) is 6.50. The van der Waals surface area contributed by atoms with Crippen LogP contribution in [0.3, 0.4) is 0 Å². The van der Waals surface area contributed by atoms with Crippen LogP contribution in [0.15, 0.2) is 66.7 Å². The molecule has 0 aliphatic rings. The second-order valence-corrected chi connectivity index (χ2v) is 8.94. The fraction of sp³-hybridized carbons (Fsp3) is 0.345. The number of hydrogen-bond acceptors (Lipinski definition) is 5. The molecule has 0 radical (unpaired) electrons. The first-order chi connectivity index (χ1) is 16.8. The minimum absolute atomic E-state index is 0.104. The lowest BCUT2D eigenvalue weighted by atomic mass is 9.84. The van der Waals surface area contributed by atoms with Crippen LogP contribution in [-0.4, -0.2) is 54.4 Å². The van der Waals surface area contributed by atoms with Crippen LogP contribution in [0.1, 0.15) is 36.5 Å². The first-order valence-electron chi connectivity index (χ1n) is 12.1. The Kier molecular flexibility index (Phi) is 8.63. The summed E-state index contributed by atoms with van der Waals surface area (Å²) >= 11 is 0. The molecule has 0 aromatic heterocycles. The zero-order chi connectivity index (χ0) is 25.5. The van der Waals surface area contributed by atoms with Crippen molar-refractivity contribution in [1.82, 2.24) is 5.32 Å². The molecule has 0 fully saturated rings. The molecule has 3 aromatic rings. The van der Waals surface area contributed by atoms with E-state index in [1.807, 2.05) is 34.3 Å². The third kappa shape index (κ3) is 6.07. The van der Waals surface area contributed by atoms with Crippen molar-refractivity contribution in [2.24, 2.45) is 0 Å². The number of carbonyl (C=O) groups is 1. The Bertz CT molecular complexity index is 1050. The molecule has 0 saturated carbocycles. The molecule has 0 unspecified atom stereocenters. The largest absolute Gasteiger partial charge is 0.412 e. The lowest BCUT2D eigenvalue weighted by Gasteiger charge is -2.26. The van der Waals surface area contributed by atoms with Crippen LogP contribution in [0.25, 0.3) is 0 Å². The average molecular weight is 475 g/mol. The van der Waals surface area contributed by atoms with Gasteiger partial charge < -0.3 is 24.8 Å². The predicted octanol–water partition coefficient (Wildman–Crippen LogP) is 5.56. The van der Waals surface area contributed by atoms with Crippen LogP contribution in [-0.2, 0) is 0 Å². The van der Waals surface area contributed by atoms with Crippen molar-refractivity contribution in [3.8, 4) is 5.75 Å². The molecule has 0 saturated heterocycles. The molecular weight excluding hydrogens is 436 g/mol. The van der Waals surface area contributed by atoms with E-state index in [0.717, 1.165) is 46.8 Å². The van der Waals surface area contributed by atoms with Gasteiger partial charge in [0.2, 0.25) is 0 Å². The number of nitrogens with zero attached hydrogens (tertiary/aromatic N) is 3. The Hall–Kier alpha value is -3.67. The molecule has 35 heavy (non-hydrogen) atoms. The Labute approximate surface area is 210 Å². The molecule has 0 bridgehead atoms. The smallest absolute Gasteiger partial charge is 0.410 e. The second kappa shape index (κ2) is 11.6. The number of amides is 1. The zero-order valence-electron chi connectivity index (χ0n) is 22.0. The maximum atomic E-state index is 12.3. The van der Waals surface area contributed by atoms with E-state index in [-0.39, 0.29) is 5.92 Å². The minimum Gasteiger partial charge on any atom is -0.410 e. The summed E-state index contributed by atoms with van der Waals surface area (Å²) in [5, 5.41) is 2.59. The fourth-order valence-electron chi connectivity index (χ4n) is 4.27. The van der Waals surface area contributed by atoms with Crippen molar-refractivity contribution in [3.63, 3.8) is 0 Å². The van der Waals surface area contributed by atoms with Crippen molar-refractivity contribution in [2.45, 2.75) is 19.8 Å². The number of rotatable bonds is 9. The van der Waals surface area contributed by atoms with E-state index in [2.05, 4.69) is 94.5 Å². The first kappa shape index (κ1) is 25.9. The fourth-order valence-corrected chi connectivity index (χ4v) is 4.27. The van der Waals surface area contributed by atoms with Gasteiger partial charge in [-0.1, -0.05) is 30.3 Å². The summed E-state index contributed by atoms with van der Waals surface area (Å²) in [6.07, 6.45) is -0.479. The number of anilines is 3. The van der Waals surface area contributed by atoms with Crippen molar-refractivity contribution in [2.75, 3.05) is 63.0 Å². The molecule has 0 aliphatic heterocycles. The molecule has 0 heterocycles. The van der Waals surface area contributed by atoms with E-state index in [1.54, 1.807) is 7.05 Å². The molecule has 6 heteroatoms. The predicted molar refractivity (Wildman–Crippen MR) is 148 cm³/mol. The standard InChI is InChI=1S/C29H38N4O2/c1-8-33(9-2)25-18-19-26(27(20-25)35-29(34)30-3)28(21-10-14-23(15-11-21)31(4)5)22-12-16-24(17-13-22)32(6)7/h10-20,28H,8-9H2,1-7H3,(H,30,34). The maximum absolute atomic E-state index is 12.3. The van der Waals surface area contributed by atoms with E-state index < -0.39 is 6.09 Å².